The molecule has 142 valence electrons. The lowest BCUT2D eigenvalue weighted by atomic mass is 9.89. The molecule has 25 heavy (non-hydrogen) atoms. The minimum atomic E-state index is 0. The molecular formula is C19H30BrClN2O2. The summed E-state index contributed by atoms with van der Waals surface area (Å²) in [5.74, 6) is 0.967. The fraction of sp³-hybridized carbons (Fsp3) is 0.684. The summed E-state index contributed by atoms with van der Waals surface area (Å²) in [6, 6.07) is 6.31. The Morgan fingerprint density at radius 2 is 2.28 bits per heavy atom. The van der Waals surface area contributed by atoms with Crippen molar-refractivity contribution in [1.29, 1.82) is 0 Å². The average molecular weight is 434 g/mol. The normalized spacial score (nSPS) is 26.0. The van der Waals surface area contributed by atoms with E-state index in [2.05, 4.69) is 58.3 Å². The molecule has 0 spiro atoms. The lowest BCUT2D eigenvalue weighted by Crippen LogP contribution is -2.34. The number of nitrogens with one attached hydrogen (secondary N) is 1. The zero-order valence-electron chi connectivity index (χ0n) is 15.2. The highest BCUT2D eigenvalue weighted by Crippen LogP contribution is 2.32. The third-order valence-electron chi connectivity index (χ3n) is 5.04. The molecule has 4 nitrogen and oxygen atoms in total. The number of ether oxygens (including phenoxy) is 2. The fourth-order valence-electron chi connectivity index (χ4n) is 3.79. The summed E-state index contributed by atoms with van der Waals surface area (Å²) in [7, 11) is 2.20. The lowest BCUT2D eigenvalue weighted by molar-refractivity contribution is 0.0670. The Morgan fingerprint density at radius 3 is 2.96 bits per heavy atom. The van der Waals surface area contributed by atoms with Crippen LogP contribution in [0.3, 0.4) is 0 Å². The maximum absolute atomic E-state index is 6.14. The summed E-state index contributed by atoms with van der Waals surface area (Å²) in [5.41, 5.74) is 1.61. The first-order valence-corrected chi connectivity index (χ1v) is 9.76. The number of rotatable bonds is 7. The first kappa shape index (κ1) is 21.0. The smallest absolute Gasteiger partial charge is 0.138 e. The van der Waals surface area contributed by atoms with Gasteiger partial charge in [0.1, 0.15) is 12.4 Å². The Bertz CT molecular complexity index is 546. The van der Waals surface area contributed by atoms with E-state index in [9.17, 15) is 0 Å². The maximum Gasteiger partial charge on any atom is 0.138 e. The molecule has 2 saturated heterocycles. The van der Waals surface area contributed by atoms with Gasteiger partial charge in [0.25, 0.3) is 0 Å². The topological polar surface area (TPSA) is 33.7 Å². The van der Waals surface area contributed by atoms with Crippen molar-refractivity contribution in [3.8, 4) is 5.75 Å². The van der Waals surface area contributed by atoms with Crippen LogP contribution in [0.1, 0.15) is 31.7 Å². The van der Waals surface area contributed by atoms with Crippen molar-refractivity contribution in [2.24, 2.45) is 5.41 Å². The monoisotopic (exact) mass is 432 g/mol. The number of halogens is 2. The quantitative estimate of drug-likeness (QED) is 0.708. The largest absolute Gasteiger partial charge is 0.489 e. The molecule has 1 aromatic carbocycles. The van der Waals surface area contributed by atoms with Crippen LogP contribution in [0.25, 0.3) is 0 Å². The SMILES string of the molecule is CN(Cc1cccc(Br)c1OCC1CCCO1)CC1(C)CCNC1.Cl. The van der Waals surface area contributed by atoms with Gasteiger partial charge in [0.2, 0.25) is 0 Å². The van der Waals surface area contributed by atoms with Crippen molar-refractivity contribution >= 4 is 28.3 Å². The van der Waals surface area contributed by atoms with Crippen LogP contribution in [0, 0.1) is 5.41 Å². The zero-order valence-corrected chi connectivity index (χ0v) is 17.6. The summed E-state index contributed by atoms with van der Waals surface area (Å²) in [6.07, 6.45) is 3.74. The number of hydrogen-bond donors (Lipinski definition) is 1. The van der Waals surface area contributed by atoms with E-state index in [4.69, 9.17) is 9.47 Å². The van der Waals surface area contributed by atoms with Gasteiger partial charge in [0.05, 0.1) is 10.6 Å². The van der Waals surface area contributed by atoms with Gasteiger partial charge in [-0.15, -0.1) is 12.4 Å². The minimum absolute atomic E-state index is 0. The van der Waals surface area contributed by atoms with Crippen molar-refractivity contribution in [1.82, 2.24) is 10.2 Å². The Kier molecular flexibility index (Phi) is 8.02. The van der Waals surface area contributed by atoms with Gasteiger partial charge in [0, 0.05) is 31.8 Å². The summed E-state index contributed by atoms with van der Waals surface area (Å²) >= 11 is 3.65. The fourth-order valence-corrected chi connectivity index (χ4v) is 4.32. The van der Waals surface area contributed by atoms with E-state index in [1.807, 2.05) is 0 Å². The third kappa shape index (κ3) is 5.83. The van der Waals surface area contributed by atoms with Crippen LogP contribution in [0.5, 0.6) is 5.75 Å². The molecule has 2 fully saturated rings. The number of hydrogen-bond acceptors (Lipinski definition) is 4. The highest BCUT2D eigenvalue weighted by atomic mass is 79.9. The minimum Gasteiger partial charge on any atom is -0.489 e. The Hall–Kier alpha value is -0.330. The van der Waals surface area contributed by atoms with E-state index >= 15 is 0 Å². The maximum atomic E-state index is 6.14. The van der Waals surface area contributed by atoms with Crippen LogP contribution in [0.4, 0.5) is 0 Å². The Morgan fingerprint density at radius 1 is 1.44 bits per heavy atom. The van der Waals surface area contributed by atoms with E-state index in [0.29, 0.717) is 12.0 Å². The molecule has 1 N–H and O–H groups in total. The van der Waals surface area contributed by atoms with Crippen molar-refractivity contribution in [2.75, 3.05) is 39.9 Å². The first-order chi connectivity index (χ1) is 11.6. The number of benzene rings is 1. The van der Waals surface area contributed by atoms with Crippen LogP contribution in [0.15, 0.2) is 22.7 Å². The Labute approximate surface area is 166 Å². The van der Waals surface area contributed by atoms with Crippen LogP contribution < -0.4 is 10.1 Å². The summed E-state index contributed by atoms with van der Waals surface area (Å²) in [5, 5.41) is 3.48. The molecular weight excluding hydrogens is 404 g/mol. The van der Waals surface area contributed by atoms with Gasteiger partial charge in [-0.25, -0.2) is 0 Å². The third-order valence-corrected chi connectivity index (χ3v) is 5.66. The predicted octanol–water partition coefficient (Wildman–Crippen LogP) is 3.86. The second-order valence-electron chi connectivity index (χ2n) is 7.58. The second kappa shape index (κ2) is 9.56. The van der Waals surface area contributed by atoms with Crippen molar-refractivity contribution in [2.45, 2.75) is 38.8 Å². The molecule has 2 aliphatic heterocycles. The van der Waals surface area contributed by atoms with Crippen molar-refractivity contribution in [3.63, 3.8) is 0 Å². The highest BCUT2D eigenvalue weighted by Gasteiger charge is 2.30. The standard InChI is InChI=1S/C19H29BrN2O2.ClH/c1-19(8-9-21-13-19)14-22(2)11-15-5-3-7-17(20)18(15)24-12-16-6-4-10-23-16;/h3,5,7,16,21H,4,6,8-14H2,1-2H3;1H. The van der Waals surface area contributed by atoms with Gasteiger partial charge >= 0.3 is 0 Å². The van der Waals surface area contributed by atoms with Crippen LogP contribution in [-0.4, -0.2) is 50.9 Å². The van der Waals surface area contributed by atoms with E-state index in [1.165, 1.54) is 12.0 Å². The lowest BCUT2D eigenvalue weighted by Gasteiger charge is -2.29. The molecule has 0 bridgehead atoms. The van der Waals surface area contributed by atoms with Crippen LogP contribution in [-0.2, 0) is 11.3 Å². The van der Waals surface area contributed by atoms with Crippen LogP contribution >= 0.6 is 28.3 Å². The van der Waals surface area contributed by atoms with E-state index < -0.39 is 0 Å². The molecule has 2 heterocycles. The molecule has 1 aromatic rings. The molecule has 0 radical (unpaired) electrons. The van der Waals surface area contributed by atoms with Gasteiger partial charge in [-0.2, -0.15) is 0 Å². The summed E-state index contributed by atoms with van der Waals surface area (Å²) in [4.78, 5) is 2.41. The molecule has 2 unspecified atom stereocenters. The molecule has 0 aliphatic carbocycles. The molecule has 6 heteroatoms. The van der Waals surface area contributed by atoms with Gasteiger partial charge in [-0.1, -0.05) is 19.1 Å². The van der Waals surface area contributed by atoms with Crippen molar-refractivity contribution in [3.05, 3.63) is 28.2 Å². The van der Waals surface area contributed by atoms with Gasteiger partial charge in [0.15, 0.2) is 0 Å². The molecule has 2 aliphatic rings. The molecule has 2 atom stereocenters. The summed E-state index contributed by atoms with van der Waals surface area (Å²) in [6.45, 7) is 8.12. The van der Waals surface area contributed by atoms with E-state index in [0.717, 1.165) is 55.8 Å². The average Bonchev–Trinajstić information content (AvgIpc) is 3.18. The Balaban J connectivity index is 0.00000225. The molecule has 0 aromatic heterocycles. The number of para-hydroxylation sites is 1. The number of nitrogens with zero attached hydrogens (tertiary/aromatic N) is 1. The van der Waals surface area contributed by atoms with Gasteiger partial charge in [-0.3, -0.25) is 0 Å². The van der Waals surface area contributed by atoms with E-state index in [-0.39, 0.29) is 18.5 Å². The van der Waals surface area contributed by atoms with Gasteiger partial charge < -0.3 is 19.7 Å². The first-order valence-electron chi connectivity index (χ1n) is 8.97. The predicted molar refractivity (Wildman–Crippen MR) is 108 cm³/mol. The molecule has 3 rings (SSSR count). The van der Waals surface area contributed by atoms with Gasteiger partial charge in [-0.05, 0) is 60.3 Å². The highest BCUT2D eigenvalue weighted by molar-refractivity contribution is 9.10. The molecule has 0 amide bonds. The summed E-state index contributed by atoms with van der Waals surface area (Å²) < 4.78 is 12.8. The molecule has 0 saturated carbocycles. The van der Waals surface area contributed by atoms with Crippen LogP contribution in [0.2, 0.25) is 0 Å². The van der Waals surface area contributed by atoms with E-state index in [1.54, 1.807) is 0 Å². The van der Waals surface area contributed by atoms with Crippen molar-refractivity contribution < 1.29 is 9.47 Å². The zero-order chi connectivity index (χ0) is 17.0. The second-order valence-corrected chi connectivity index (χ2v) is 8.44.